The lowest BCUT2D eigenvalue weighted by Gasteiger charge is -2.25. The van der Waals surface area contributed by atoms with Crippen molar-refractivity contribution >= 4 is 50.9 Å². The zero-order chi connectivity index (χ0) is 32.4. The molecule has 1 aromatic heterocycles. The quantitative estimate of drug-likeness (QED) is 0.205. The Balaban J connectivity index is 1.32. The number of aromatic nitrogens is 1. The normalized spacial score (nSPS) is 14.4. The first-order valence-corrected chi connectivity index (χ1v) is 15.7. The lowest BCUT2D eigenvalue weighted by molar-refractivity contribution is -0.113. The van der Waals surface area contributed by atoms with Crippen LogP contribution in [-0.2, 0) is 11.4 Å². The Morgan fingerprint density at radius 3 is 2.43 bits per heavy atom. The number of aromatic carboxylic acids is 1. The van der Waals surface area contributed by atoms with E-state index in [4.69, 9.17) is 9.84 Å². The minimum Gasteiger partial charge on any atom is -0.488 e. The number of rotatable bonds is 8. The summed E-state index contributed by atoms with van der Waals surface area (Å²) in [6.45, 7) is 1.96. The van der Waals surface area contributed by atoms with Crippen LogP contribution in [0, 0.1) is 5.82 Å². The van der Waals surface area contributed by atoms with Crippen molar-refractivity contribution in [3.8, 4) is 5.75 Å². The zero-order valence-electron chi connectivity index (χ0n) is 24.2. The maximum Gasteiger partial charge on any atom is 0.335 e. The van der Waals surface area contributed by atoms with Crippen LogP contribution in [0.25, 0.3) is 6.08 Å². The van der Waals surface area contributed by atoms with Crippen LogP contribution in [0.4, 0.5) is 10.1 Å². The first-order valence-electron chi connectivity index (χ1n) is 14.1. The molecule has 6 rings (SSSR count). The molecule has 0 saturated carbocycles. The monoisotopic (exact) mass is 697 g/mol. The number of hydrogen-bond acceptors (Lipinski definition) is 6. The molecule has 1 atom stereocenters. The van der Waals surface area contributed by atoms with Crippen molar-refractivity contribution in [2.75, 3.05) is 5.32 Å². The summed E-state index contributed by atoms with van der Waals surface area (Å²) in [4.78, 5) is 43.8. The van der Waals surface area contributed by atoms with E-state index < -0.39 is 23.7 Å². The third-order valence-electron chi connectivity index (χ3n) is 7.33. The van der Waals surface area contributed by atoms with Crippen molar-refractivity contribution < 1.29 is 23.8 Å². The molecule has 1 amide bonds. The van der Waals surface area contributed by atoms with Gasteiger partial charge in [0.25, 0.3) is 11.5 Å². The number of benzene rings is 4. The van der Waals surface area contributed by atoms with E-state index in [-0.39, 0.29) is 23.3 Å². The molecule has 1 aliphatic rings. The van der Waals surface area contributed by atoms with Crippen molar-refractivity contribution in [1.29, 1.82) is 0 Å². The number of carboxylic acid groups (broad SMARTS) is 1. The highest BCUT2D eigenvalue weighted by Gasteiger charge is 2.32. The Hall–Kier alpha value is -5.13. The fraction of sp³-hybridized carbons (Fsp3) is 0.0857. The second-order valence-electron chi connectivity index (χ2n) is 10.4. The van der Waals surface area contributed by atoms with E-state index in [1.54, 1.807) is 55.5 Å². The highest BCUT2D eigenvalue weighted by atomic mass is 79.9. The van der Waals surface area contributed by atoms with Crippen molar-refractivity contribution in [2.45, 2.75) is 19.6 Å². The summed E-state index contributed by atoms with van der Waals surface area (Å²) < 4.78 is 22.4. The zero-order valence-corrected chi connectivity index (χ0v) is 26.6. The van der Waals surface area contributed by atoms with Crippen LogP contribution < -0.4 is 24.9 Å². The standard InChI is InChI=1S/C35H25BrFN3O5S/c1-20-30(32(41)39-26-5-3-2-4-6-26)31(23-12-14-25(37)15-13-23)40-33(42)29(46-35(40)38-20)18-22-9-16-28(27(36)17-22)45-19-21-7-10-24(11-8-21)34(43)44/h2-18,31H,19H2,1H3,(H,39,41)(H,43,44)/b29-18+/t31-/m0/s1. The van der Waals surface area contributed by atoms with Crippen LogP contribution in [0.5, 0.6) is 5.75 Å². The highest BCUT2D eigenvalue weighted by molar-refractivity contribution is 9.10. The molecule has 2 heterocycles. The number of carbonyl (C=O) groups is 2. The number of ether oxygens (including phenoxy) is 1. The molecule has 11 heteroatoms. The molecule has 1 aliphatic heterocycles. The molecule has 0 bridgehead atoms. The highest BCUT2D eigenvalue weighted by Crippen LogP contribution is 2.31. The fourth-order valence-corrected chi connectivity index (χ4v) is 6.63. The number of amides is 1. The Kier molecular flexibility index (Phi) is 8.78. The third-order valence-corrected chi connectivity index (χ3v) is 8.94. The van der Waals surface area contributed by atoms with Gasteiger partial charge in [-0.15, -0.1) is 0 Å². The van der Waals surface area contributed by atoms with E-state index in [0.717, 1.165) is 11.1 Å². The second kappa shape index (κ2) is 13.1. The largest absolute Gasteiger partial charge is 0.488 e. The van der Waals surface area contributed by atoms with Gasteiger partial charge in [-0.2, -0.15) is 0 Å². The summed E-state index contributed by atoms with van der Waals surface area (Å²) in [6, 6.07) is 25.8. The van der Waals surface area contributed by atoms with Gasteiger partial charge in [0.2, 0.25) is 0 Å². The maximum absolute atomic E-state index is 14.0. The molecule has 0 unspecified atom stereocenters. The van der Waals surface area contributed by atoms with Crippen LogP contribution in [0.2, 0.25) is 0 Å². The molecule has 8 nitrogen and oxygen atoms in total. The number of hydrogen-bond donors (Lipinski definition) is 2. The van der Waals surface area contributed by atoms with E-state index in [1.807, 2.05) is 30.3 Å². The molecule has 0 spiro atoms. The van der Waals surface area contributed by atoms with Gasteiger partial charge in [0.15, 0.2) is 4.80 Å². The van der Waals surface area contributed by atoms with Gasteiger partial charge in [-0.25, -0.2) is 14.2 Å². The summed E-state index contributed by atoms with van der Waals surface area (Å²) in [5, 5.41) is 12.0. The van der Waals surface area contributed by atoms with Crippen LogP contribution in [-0.4, -0.2) is 21.6 Å². The molecule has 5 aromatic rings. The van der Waals surface area contributed by atoms with Gasteiger partial charge >= 0.3 is 5.97 Å². The van der Waals surface area contributed by atoms with E-state index in [1.165, 1.54) is 40.2 Å². The van der Waals surface area contributed by atoms with Crippen molar-refractivity contribution in [3.05, 3.63) is 161 Å². The molecule has 0 radical (unpaired) electrons. The molecule has 2 N–H and O–H groups in total. The number of carbonyl (C=O) groups excluding carboxylic acids is 1. The van der Waals surface area contributed by atoms with Gasteiger partial charge in [0.1, 0.15) is 18.2 Å². The van der Waals surface area contributed by atoms with Crippen LogP contribution in [0.15, 0.2) is 123 Å². The molecular formula is C35H25BrFN3O5S. The molecule has 0 fully saturated rings. The third kappa shape index (κ3) is 6.46. The van der Waals surface area contributed by atoms with Gasteiger partial charge in [-0.1, -0.05) is 59.9 Å². The van der Waals surface area contributed by atoms with E-state index in [2.05, 4.69) is 26.2 Å². The van der Waals surface area contributed by atoms with Crippen molar-refractivity contribution in [2.24, 2.45) is 4.99 Å². The maximum atomic E-state index is 14.0. The number of fused-ring (bicyclic) bond motifs is 1. The number of carboxylic acids is 1. The number of nitrogens with one attached hydrogen (secondary N) is 1. The van der Waals surface area contributed by atoms with Crippen LogP contribution >= 0.6 is 27.3 Å². The smallest absolute Gasteiger partial charge is 0.335 e. The molecule has 0 aliphatic carbocycles. The minimum atomic E-state index is -0.992. The number of anilines is 1. The SMILES string of the molecule is CC1=C(C(=O)Nc2ccccc2)[C@H](c2ccc(F)cc2)n2c(s/c(=C/c3ccc(OCc4ccc(C(=O)O)cc4)c(Br)c3)c2=O)=N1. The van der Waals surface area contributed by atoms with Gasteiger partial charge < -0.3 is 15.2 Å². The van der Waals surface area contributed by atoms with E-state index in [9.17, 15) is 18.8 Å². The number of thiazole rings is 1. The predicted octanol–water partition coefficient (Wildman–Crippen LogP) is 6.05. The van der Waals surface area contributed by atoms with Gasteiger partial charge in [-0.3, -0.25) is 14.2 Å². The van der Waals surface area contributed by atoms with Crippen molar-refractivity contribution in [1.82, 2.24) is 4.57 Å². The number of halogens is 2. The van der Waals surface area contributed by atoms with Crippen LogP contribution in [0.3, 0.4) is 0 Å². The summed E-state index contributed by atoms with van der Waals surface area (Å²) in [5.41, 5.74) is 3.31. The van der Waals surface area contributed by atoms with E-state index >= 15 is 0 Å². The summed E-state index contributed by atoms with van der Waals surface area (Å²) >= 11 is 4.74. The molecule has 0 saturated heterocycles. The minimum absolute atomic E-state index is 0.199. The summed E-state index contributed by atoms with van der Waals surface area (Å²) in [7, 11) is 0. The Morgan fingerprint density at radius 1 is 1.04 bits per heavy atom. The summed E-state index contributed by atoms with van der Waals surface area (Å²) in [6.07, 6.45) is 1.74. The first-order chi connectivity index (χ1) is 22.2. The van der Waals surface area contributed by atoms with Crippen molar-refractivity contribution in [3.63, 3.8) is 0 Å². The molecule has 46 heavy (non-hydrogen) atoms. The summed E-state index contributed by atoms with van der Waals surface area (Å²) in [5.74, 6) is -1.26. The average molecular weight is 699 g/mol. The molecular weight excluding hydrogens is 673 g/mol. The number of nitrogens with zero attached hydrogens (tertiary/aromatic N) is 2. The Bertz CT molecular complexity index is 2180. The van der Waals surface area contributed by atoms with Gasteiger partial charge in [-0.05, 0) is 94.2 Å². The topological polar surface area (TPSA) is 110 Å². The molecule has 4 aromatic carbocycles. The Labute approximate surface area is 274 Å². The Morgan fingerprint density at radius 2 is 1.76 bits per heavy atom. The number of para-hydroxylation sites is 1. The molecule has 230 valence electrons. The average Bonchev–Trinajstić information content (AvgIpc) is 3.34. The van der Waals surface area contributed by atoms with E-state index in [0.29, 0.717) is 36.5 Å². The lowest BCUT2D eigenvalue weighted by Crippen LogP contribution is -2.40. The predicted molar refractivity (Wildman–Crippen MR) is 177 cm³/mol. The fourth-order valence-electron chi connectivity index (χ4n) is 5.07. The first kappa shape index (κ1) is 30.9. The lowest BCUT2D eigenvalue weighted by atomic mass is 9.95. The number of allylic oxidation sites excluding steroid dienone is 1. The van der Waals surface area contributed by atoms with Gasteiger partial charge in [0, 0.05) is 5.69 Å². The van der Waals surface area contributed by atoms with Gasteiger partial charge in [0.05, 0.1) is 31.9 Å². The second-order valence-corrected chi connectivity index (χ2v) is 12.3. The van der Waals surface area contributed by atoms with Crippen LogP contribution in [0.1, 0.15) is 40.0 Å².